The van der Waals surface area contributed by atoms with Crippen LogP contribution in [0.2, 0.25) is 0 Å². The van der Waals surface area contributed by atoms with Crippen LogP contribution in [-0.2, 0) is 9.53 Å². The Balaban J connectivity index is 2.26. The van der Waals surface area contributed by atoms with E-state index in [1.54, 1.807) is 0 Å². The number of aliphatic hydroxyl groups excluding tert-OH is 2. The molecule has 1 aliphatic carbocycles. The van der Waals surface area contributed by atoms with Crippen molar-refractivity contribution in [3.05, 3.63) is 23.3 Å². The summed E-state index contributed by atoms with van der Waals surface area (Å²) < 4.78 is 5.39. The first-order valence-electron chi connectivity index (χ1n) is 6.88. The van der Waals surface area contributed by atoms with Crippen LogP contribution in [0.25, 0.3) is 0 Å². The monoisotopic (exact) mass is 266 g/mol. The van der Waals surface area contributed by atoms with Crippen molar-refractivity contribution in [2.45, 2.75) is 45.3 Å². The highest BCUT2D eigenvalue weighted by Gasteiger charge is 2.40. The molecule has 0 spiro atoms. The second-order valence-corrected chi connectivity index (χ2v) is 5.58. The van der Waals surface area contributed by atoms with Gasteiger partial charge < -0.3 is 14.9 Å². The Morgan fingerprint density at radius 3 is 2.89 bits per heavy atom. The van der Waals surface area contributed by atoms with Gasteiger partial charge in [-0.15, -0.1) is 0 Å². The molecule has 1 heterocycles. The van der Waals surface area contributed by atoms with E-state index in [2.05, 4.69) is 0 Å². The van der Waals surface area contributed by atoms with Crippen LogP contribution in [0, 0.1) is 11.8 Å². The summed E-state index contributed by atoms with van der Waals surface area (Å²) in [4.78, 5) is 11.7. The summed E-state index contributed by atoms with van der Waals surface area (Å²) in [5.41, 5.74) is 1.76. The molecule has 2 rings (SSSR count). The van der Waals surface area contributed by atoms with Crippen LogP contribution in [-0.4, -0.2) is 35.0 Å². The van der Waals surface area contributed by atoms with Gasteiger partial charge >= 0.3 is 5.97 Å². The third-order valence-corrected chi connectivity index (χ3v) is 4.27. The number of fused-ring (bicyclic) bond motifs is 1. The van der Waals surface area contributed by atoms with E-state index in [9.17, 15) is 15.0 Å². The number of carbonyl (C=O) groups is 1. The maximum Gasteiger partial charge on any atom is 0.309 e. The third-order valence-electron chi connectivity index (χ3n) is 4.27. The molecule has 2 aliphatic rings. The SMILES string of the molecule is C/C1=C\[C@H]2OC(=O)[C@@H](C)[C@@H]2CC/C(CO)=C/C[C@H]1O. The number of ether oxygens (including phenoxy) is 1. The summed E-state index contributed by atoms with van der Waals surface area (Å²) in [5, 5.41) is 19.3. The molecule has 4 nitrogen and oxygen atoms in total. The lowest BCUT2D eigenvalue weighted by molar-refractivity contribution is -0.142. The van der Waals surface area contributed by atoms with Crippen LogP contribution in [0.3, 0.4) is 0 Å². The molecule has 1 fully saturated rings. The fourth-order valence-electron chi connectivity index (χ4n) is 2.79. The lowest BCUT2D eigenvalue weighted by atomic mass is 9.84. The van der Waals surface area contributed by atoms with Crippen molar-refractivity contribution in [1.29, 1.82) is 0 Å². The molecule has 0 radical (unpaired) electrons. The maximum atomic E-state index is 11.7. The van der Waals surface area contributed by atoms with Crippen molar-refractivity contribution in [1.82, 2.24) is 0 Å². The summed E-state index contributed by atoms with van der Waals surface area (Å²) >= 11 is 0. The zero-order valence-corrected chi connectivity index (χ0v) is 11.5. The van der Waals surface area contributed by atoms with Gasteiger partial charge in [-0.2, -0.15) is 0 Å². The first-order chi connectivity index (χ1) is 9.02. The first kappa shape index (κ1) is 14.3. The number of carbonyl (C=O) groups excluding carboxylic acids is 1. The summed E-state index contributed by atoms with van der Waals surface area (Å²) in [6.07, 6.45) is 5.05. The highest BCUT2D eigenvalue weighted by atomic mass is 16.6. The summed E-state index contributed by atoms with van der Waals surface area (Å²) in [7, 11) is 0. The van der Waals surface area contributed by atoms with Gasteiger partial charge in [-0.25, -0.2) is 0 Å². The van der Waals surface area contributed by atoms with Crippen molar-refractivity contribution in [3.8, 4) is 0 Å². The van der Waals surface area contributed by atoms with Crippen LogP contribution in [0.4, 0.5) is 0 Å². The Kier molecular flexibility index (Phi) is 4.42. The van der Waals surface area contributed by atoms with Gasteiger partial charge in [0.25, 0.3) is 0 Å². The quantitative estimate of drug-likeness (QED) is 0.558. The fourth-order valence-corrected chi connectivity index (χ4v) is 2.79. The lowest BCUT2D eigenvalue weighted by Gasteiger charge is -2.21. The van der Waals surface area contributed by atoms with E-state index in [0.717, 1.165) is 24.0 Å². The Bertz CT molecular complexity index is 410. The minimum Gasteiger partial charge on any atom is -0.458 e. The van der Waals surface area contributed by atoms with E-state index in [1.807, 2.05) is 26.0 Å². The average molecular weight is 266 g/mol. The normalized spacial score (nSPS) is 41.6. The van der Waals surface area contributed by atoms with Crippen LogP contribution in [0.15, 0.2) is 23.3 Å². The van der Waals surface area contributed by atoms with Gasteiger partial charge in [0, 0.05) is 5.92 Å². The predicted molar refractivity (Wildman–Crippen MR) is 71.3 cm³/mol. The molecule has 0 aromatic heterocycles. The van der Waals surface area contributed by atoms with E-state index in [-0.39, 0.29) is 30.5 Å². The number of hydrogen-bond acceptors (Lipinski definition) is 4. The molecular formula is C15H22O4. The van der Waals surface area contributed by atoms with E-state index in [0.29, 0.717) is 6.42 Å². The molecule has 1 aliphatic heterocycles. The van der Waals surface area contributed by atoms with Gasteiger partial charge in [-0.05, 0) is 43.4 Å². The van der Waals surface area contributed by atoms with Gasteiger partial charge in [0.15, 0.2) is 0 Å². The maximum absolute atomic E-state index is 11.7. The van der Waals surface area contributed by atoms with Crippen LogP contribution in [0.5, 0.6) is 0 Å². The van der Waals surface area contributed by atoms with Crippen molar-refractivity contribution in [2.24, 2.45) is 11.8 Å². The second kappa shape index (κ2) is 5.88. The summed E-state index contributed by atoms with van der Waals surface area (Å²) in [5.74, 6) is -0.157. The molecule has 2 N–H and O–H groups in total. The Morgan fingerprint density at radius 2 is 2.21 bits per heavy atom. The van der Waals surface area contributed by atoms with Gasteiger partial charge in [0.2, 0.25) is 0 Å². The molecule has 0 aromatic rings. The minimum absolute atomic E-state index is 0.00997. The highest BCUT2D eigenvalue weighted by molar-refractivity contribution is 5.75. The zero-order valence-electron chi connectivity index (χ0n) is 11.5. The van der Waals surface area contributed by atoms with Crippen LogP contribution < -0.4 is 0 Å². The Hall–Kier alpha value is -1.13. The van der Waals surface area contributed by atoms with Gasteiger partial charge in [0.1, 0.15) is 6.10 Å². The van der Waals surface area contributed by atoms with Gasteiger partial charge in [-0.1, -0.05) is 13.0 Å². The topological polar surface area (TPSA) is 66.8 Å². The molecule has 0 amide bonds. The van der Waals surface area contributed by atoms with Crippen LogP contribution in [0.1, 0.15) is 33.1 Å². The molecule has 1 saturated heterocycles. The lowest BCUT2D eigenvalue weighted by Crippen LogP contribution is -2.21. The Labute approximate surface area is 113 Å². The predicted octanol–water partition coefficient (Wildman–Crippen LogP) is 1.57. The van der Waals surface area contributed by atoms with E-state index in [4.69, 9.17) is 4.74 Å². The number of esters is 1. The molecule has 0 aromatic carbocycles. The summed E-state index contributed by atoms with van der Waals surface area (Å²) in [6, 6.07) is 0. The number of rotatable bonds is 1. The molecule has 106 valence electrons. The Morgan fingerprint density at radius 1 is 1.47 bits per heavy atom. The number of aliphatic hydroxyl groups is 2. The minimum atomic E-state index is -0.574. The van der Waals surface area contributed by atoms with Crippen molar-refractivity contribution < 1.29 is 19.7 Å². The molecule has 19 heavy (non-hydrogen) atoms. The van der Waals surface area contributed by atoms with Gasteiger partial charge in [-0.3, -0.25) is 4.79 Å². The van der Waals surface area contributed by atoms with Crippen molar-refractivity contribution >= 4 is 5.97 Å². The molecule has 0 unspecified atom stereocenters. The molecule has 0 saturated carbocycles. The largest absolute Gasteiger partial charge is 0.458 e. The molecule has 4 atom stereocenters. The molecule has 4 heteroatoms. The first-order valence-corrected chi connectivity index (χ1v) is 6.88. The van der Waals surface area contributed by atoms with E-state index in [1.165, 1.54) is 0 Å². The molecular weight excluding hydrogens is 244 g/mol. The van der Waals surface area contributed by atoms with E-state index >= 15 is 0 Å². The summed E-state index contributed by atoms with van der Waals surface area (Å²) in [6.45, 7) is 3.75. The fraction of sp³-hybridized carbons (Fsp3) is 0.667. The smallest absolute Gasteiger partial charge is 0.309 e. The van der Waals surface area contributed by atoms with Crippen molar-refractivity contribution in [3.63, 3.8) is 0 Å². The zero-order chi connectivity index (χ0) is 14.0. The molecule has 0 bridgehead atoms. The third kappa shape index (κ3) is 3.07. The highest BCUT2D eigenvalue weighted by Crippen LogP contribution is 2.35. The van der Waals surface area contributed by atoms with E-state index < -0.39 is 6.10 Å². The number of hydrogen-bond donors (Lipinski definition) is 2. The van der Waals surface area contributed by atoms with Gasteiger partial charge in [0.05, 0.1) is 18.6 Å². The average Bonchev–Trinajstić information content (AvgIpc) is 2.65. The standard InChI is InChI=1S/C15H22O4/c1-9-7-14-12(10(2)15(18)19-14)5-3-11(8-16)4-6-13(9)17/h4,7,10,12-14,16-17H,3,5-6,8H2,1-2H3/b9-7+,11-4-/t10-,12-,13+,14+/m0/s1. The second-order valence-electron chi connectivity index (χ2n) is 5.58. The van der Waals surface area contributed by atoms with Crippen LogP contribution >= 0.6 is 0 Å². The van der Waals surface area contributed by atoms with Crippen molar-refractivity contribution in [2.75, 3.05) is 6.61 Å².